The van der Waals surface area contributed by atoms with Crippen LogP contribution in [0.2, 0.25) is 0 Å². The van der Waals surface area contributed by atoms with Crippen molar-refractivity contribution in [2.45, 2.75) is 40.0 Å². The molecule has 1 aliphatic carbocycles. The Morgan fingerprint density at radius 1 is 1.08 bits per heavy atom. The summed E-state index contributed by atoms with van der Waals surface area (Å²) < 4.78 is 0. The minimum absolute atomic E-state index is 1.13. The minimum Gasteiger partial charge on any atom is -0.0770 e. The van der Waals surface area contributed by atoms with Crippen molar-refractivity contribution in [3.05, 3.63) is 34.9 Å². The van der Waals surface area contributed by atoms with E-state index in [4.69, 9.17) is 0 Å². The van der Waals surface area contributed by atoms with Gasteiger partial charge in [0.2, 0.25) is 0 Å². The van der Waals surface area contributed by atoms with Crippen molar-refractivity contribution in [2.75, 3.05) is 0 Å². The van der Waals surface area contributed by atoms with Crippen molar-refractivity contribution in [2.24, 2.45) is 0 Å². The van der Waals surface area contributed by atoms with Gasteiger partial charge in [-0.15, -0.1) is 0 Å². The van der Waals surface area contributed by atoms with Crippen LogP contribution in [0.4, 0.5) is 0 Å². The lowest BCUT2D eigenvalue weighted by molar-refractivity contribution is 1.01. The molecule has 0 saturated carbocycles. The van der Waals surface area contributed by atoms with Crippen molar-refractivity contribution < 1.29 is 0 Å². The molecular weight excluding hydrogens is 144 g/mol. The third-order valence-corrected chi connectivity index (χ3v) is 2.41. The number of allylic oxidation sites excluding steroid dienone is 6. The van der Waals surface area contributed by atoms with Crippen LogP contribution in [0, 0.1) is 0 Å². The van der Waals surface area contributed by atoms with Crippen molar-refractivity contribution >= 4 is 0 Å². The topological polar surface area (TPSA) is 0 Å². The Kier molecular flexibility index (Phi) is 3.33. The van der Waals surface area contributed by atoms with Gasteiger partial charge in [-0.25, -0.2) is 0 Å². The summed E-state index contributed by atoms with van der Waals surface area (Å²) in [6, 6.07) is 0. The highest BCUT2D eigenvalue weighted by atomic mass is 14.1. The van der Waals surface area contributed by atoms with E-state index in [2.05, 4.69) is 39.0 Å². The second-order valence-electron chi connectivity index (χ2n) is 3.35. The zero-order chi connectivity index (χ0) is 8.97. The van der Waals surface area contributed by atoms with Gasteiger partial charge in [0, 0.05) is 0 Å². The van der Waals surface area contributed by atoms with Gasteiger partial charge in [-0.1, -0.05) is 37.6 Å². The first-order chi connectivity index (χ1) is 5.77. The van der Waals surface area contributed by atoms with E-state index in [0.717, 1.165) is 12.8 Å². The summed E-state index contributed by atoms with van der Waals surface area (Å²) in [5, 5.41) is 0. The third-order valence-electron chi connectivity index (χ3n) is 2.41. The second-order valence-corrected chi connectivity index (χ2v) is 3.35. The van der Waals surface area contributed by atoms with E-state index in [0.29, 0.717) is 0 Å². The van der Waals surface area contributed by atoms with Crippen LogP contribution in [0.1, 0.15) is 40.0 Å². The fourth-order valence-electron chi connectivity index (χ4n) is 1.55. The molecule has 1 aliphatic rings. The maximum absolute atomic E-state index is 2.37. The van der Waals surface area contributed by atoms with Gasteiger partial charge in [0.15, 0.2) is 0 Å². The first kappa shape index (κ1) is 9.31. The quantitative estimate of drug-likeness (QED) is 0.575. The molecule has 0 heterocycles. The van der Waals surface area contributed by atoms with Crippen LogP contribution in [-0.4, -0.2) is 0 Å². The summed E-state index contributed by atoms with van der Waals surface area (Å²) in [6.07, 6.45) is 10.3. The summed E-state index contributed by atoms with van der Waals surface area (Å²) in [6.45, 7) is 6.65. The predicted molar refractivity (Wildman–Crippen MR) is 55.1 cm³/mol. The van der Waals surface area contributed by atoms with Gasteiger partial charge in [-0.05, 0) is 37.3 Å². The molecule has 66 valence electrons. The van der Waals surface area contributed by atoms with Crippen LogP contribution >= 0.6 is 0 Å². The molecule has 0 nitrogen and oxygen atoms in total. The molecule has 0 aromatic rings. The van der Waals surface area contributed by atoms with Crippen LogP contribution in [-0.2, 0) is 0 Å². The highest BCUT2D eigenvalue weighted by Crippen LogP contribution is 2.22. The first-order valence-corrected chi connectivity index (χ1v) is 4.83. The summed E-state index contributed by atoms with van der Waals surface area (Å²) in [5.74, 6) is 0. The molecule has 0 atom stereocenters. The first-order valence-electron chi connectivity index (χ1n) is 4.83. The maximum Gasteiger partial charge on any atom is -0.0133 e. The highest BCUT2D eigenvalue weighted by Gasteiger charge is 2.02. The lowest BCUT2D eigenvalue weighted by atomic mass is 10.0. The molecule has 0 aromatic heterocycles. The van der Waals surface area contributed by atoms with Gasteiger partial charge in [-0.3, -0.25) is 0 Å². The minimum atomic E-state index is 1.13. The number of hydrogen-bond donors (Lipinski definition) is 0. The van der Waals surface area contributed by atoms with E-state index < -0.39 is 0 Å². The van der Waals surface area contributed by atoms with Crippen LogP contribution in [0.15, 0.2) is 34.9 Å². The molecule has 12 heavy (non-hydrogen) atoms. The molecule has 0 aromatic carbocycles. The van der Waals surface area contributed by atoms with Crippen molar-refractivity contribution in [1.82, 2.24) is 0 Å². The average Bonchev–Trinajstić information content (AvgIpc) is 2.27. The Balaban J connectivity index is 2.89. The van der Waals surface area contributed by atoms with Gasteiger partial charge in [0.25, 0.3) is 0 Å². The molecule has 0 saturated heterocycles. The maximum atomic E-state index is 2.37. The molecule has 0 fully saturated rings. The Morgan fingerprint density at radius 3 is 2.33 bits per heavy atom. The largest absolute Gasteiger partial charge is 0.0770 e. The highest BCUT2D eigenvalue weighted by molar-refractivity contribution is 5.37. The summed E-state index contributed by atoms with van der Waals surface area (Å²) in [4.78, 5) is 0. The predicted octanol–water partition coefficient (Wildman–Crippen LogP) is 4.01. The molecule has 1 rings (SSSR count). The molecule has 0 spiro atoms. The van der Waals surface area contributed by atoms with Crippen molar-refractivity contribution in [3.8, 4) is 0 Å². The number of rotatable bonds is 2. The van der Waals surface area contributed by atoms with Gasteiger partial charge in [0.05, 0.1) is 0 Å². The SMILES string of the molecule is CCC1=CC=C(C)CC=C1CC. The van der Waals surface area contributed by atoms with Gasteiger partial charge < -0.3 is 0 Å². The van der Waals surface area contributed by atoms with E-state index in [1.54, 1.807) is 0 Å². The van der Waals surface area contributed by atoms with Crippen LogP contribution < -0.4 is 0 Å². The molecular formula is C12H18. The summed E-state index contributed by atoms with van der Waals surface area (Å²) in [5.41, 5.74) is 4.50. The molecule has 0 aliphatic heterocycles. The van der Waals surface area contributed by atoms with Crippen LogP contribution in [0.5, 0.6) is 0 Å². The third kappa shape index (κ3) is 2.10. The van der Waals surface area contributed by atoms with Crippen LogP contribution in [0.25, 0.3) is 0 Å². The molecule has 0 radical (unpaired) electrons. The van der Waals surface area contributed by atoms with Gasteiger partial charge >= 0.3 is 0 Å². The van der Waals surface area contributed by atoms with E-state index in [1.165, 1.54) is 23.1 Å². The van der Waals surface area contributed by atoms with E-state index in [-0.39, 0.29) is 0 Å². The van der Waals surface area contributed by atoms with Gasteiger partial charge in [-0.2, -0.15) is 0 Å². The smallest absolute Gasteiger partial charge is 0.0133 e. The monoisotopic (exact) mass is 162 g/mol. The van der Waals surface area contributed by atoms with E-state index >= 15 is 0 Å². The fraction of sp³-hybridized carbons (Fsp3) is 0.500. The molecule has 0 N–H and O–H groups in total. The molecule has 0 bridgehead atoms. The normalized spacial score (nSPS) is 17.8. The van der Waals surface area contributed by atoms with E-state index in [9.17, 15) is 0 Å². The molecule has 0 heteroatoms. The Hall–Kier alpha value is -0.780. The van der Waals surface area contributed by atoms with Crippen LogP contribution in [0.3, 0.4) is 0 Å². The van der Waals surface area contributed by atoms with E-state index in [1.807, 2.05) is 0 Å². The average molecular weight is 162 g/mol. The standard InChI is InChI=1S/C12H18/c1-4-11-8-6-10(3)7-9-12(11)5-2/h6,8-9H,4-5,7H2,1-3H3. The lowest BCUT2D eigenvalue weighted by Gasteiger charge is -2.05. The van der Waals surface area contributed by atoms with Gasteiger partial charge in [0.1, 0.15) is 0 Å². The zero-order valence-corrected chi connectivity index (χ0v) is 8.35. The zero-order valence-electron chi connectivity index (χ0n) is 8.35. The Labute approximate surface area is 75.7 Å². The Morgan fingerprint density at radius 2 is 1.75 bits per heavy atom. The number of hydrogen-bond acceptors (Lipinski definition) is 0. The molecule has 0 amide bonds. The summed E-state index contributed by atoms with van der Waals surface area (Å²) in [7, 11) is 0. The lowest BCUT2D eigenvalue weighted by Crippen LogP contribution is -1.85. The molecule has 0 unspecified atom stereocenters. The fourth-order valence-corrected chi connectivity index (χ4v) is 1.55. The van der Waals surface area contributed by atoms with Crippen molar-refractivity contribution in [1.29, 1.82) is 0 Å². The summed E-state index contributed by atoms with van der Waals surface area (Å²) >= 11 is 0. The Bertz CT molecular complexity index is 239. The second kappa shape index (κ2) is 4.30. The van der Waals surface area contributed by atoms with Crippen molar-refractivity contribution in [3.63, 3.8) is 0 Å².